The zero-order valence-corrected chi connectivity index (χ0v) is 18.6. The highest BCUT2D eigenvalue weighted by Gasteiger charge is 2.62. The molecular weight excluding hydrogens is 427 g/mol. The summed E-state index contributed by atoms with van der Waals surface area (Å²) in [6.45, 7) is -0.370. The molecule has 4 rings (SSSR count). The second kappa shape index (κ2) is 9.17. The van der Waals surface area contributed by atoms with Gasteiger partial charge in [0.15, 0.2) is 6.23 Å². The first-order chi connectivity index (χ1) is 14.8. The molecule has 2 bridgehead atoms. The van der Waals surface area contributed by atoms with Gasteiger partial charge in [0.05, 0.1) is 11.6 Å². The van der Waals surface area contributed by atoms with Crippen molar-refractivity contribution in [2.75, 3.05) is 6.61 Å². The summed E-state index contributed by atoms with van der Waals surface area (Å²) in [4.78, 5) is 23.9. The highest BCUT2D eigenvalue weighted by Crippen LogP contribution is 2.50. The van der Waals surface area contributed by atoms with Gasteiger partial charge in [0, 0.05) is 10.1 Å². The number of ether oxygens (including phenoxy) is 1. The number of nitrogens with one attached hydrogen (secondary N) is 1. The average Bonchev–Trinajstić information content (AvgIpc) is 2.98. The number of aliphatic hydroxyl groups excluding tert-OH is 3. The number of nitrogens with zero attached hydrogens (tertiary/aromatic N) is 1. The van der Waals surface area contributed by atoms with E-state index in [1.54, 1.807) is 4.90 Å². The van der Waals surface area contributed by atoms with E-state index in [0.29, 0.717) is 25.7 Å². The van der Waals surface area contributed by atoms with E-state index in [2.05, 4.69) is 9.84 Å². The van der Waals surface area contributed by atoms with E-state index in [9.17, 15) is 24.7 Å². The lowest BCUT2D eigenvalue weighted by molar-refractivity contribution is -0.157. The maximum atomic E-state index is 13.4. The van der Waals surface area contributed by atoms with Crippen LogP contribution in [0.5, 0.6) is 0 Å². The molecule has 2 aliphatic carbocycles. The Morgan fingerprint density at radius 2 is 1.74 bits per heavy atom. The molecule has 8 atom stereocenters. The third-order valence-corrected chi connectivity index (χ3v) is 8.08. The second-order valence-electron chi connectivity index (χ2n) is 9.61. The predicted octanol–water partition coefficient (Wildman–Crippen LogP) is 1.28. The van der Waals surface area contributed by atoms with Crippen molar-refractivity contribution in [1.29, 1.82) is 0 Å². The number of aliphatic hydroxyl groups is 3. The molecule has 10 nitrogen and oxygen atoms in total. The summed E-state index contributed by atoms with van der Waals surface area (Å²) in [5, 5.41) is 35.1. The van der Waals surface area contributed by atoms with Gasteiger partial charge in [-0.05, 0) is 32.1 Å². The maximum absolute atomic E-state index is 13.4. The first-order valence-electron chi connectivity index (χ1n) is 11.4. The van der Waals surface area contributed by atoms with Gasteiger partial charge in [-0.3, -0.25) is 4.90 Å². The Kier molecular flexibility index (Phi) is 6.89. The Balaban J connectivity index is 1.63. The van der Waals surface area contributed by atoms with Crippen molar-refractivity contribution >= 4 is 14.3 Å². The van der Waals surface area contributed by atoms with Crippen LogP contribution in [-0.2, 0) is 13.8 Å². The van der Waals surface area contributed by atoms with Crippen molar-refractivity contribution in [3.63, 3.8) is 0 Å². The molecule has 0 aromatic rings. The van der Waals surface area contributed by atoms with Crippen LogP contribution in [0.3, 0.4) is 0 Å². The predicted molar refractivity (Wildman–Crippen MR) is 109 cm³/mol. The highest BCUT2D eigenvalue weighted by molar-refractivity contribution is 7.32. The standard InChI is InChI=1S/C20H33N2O8P/c23-14-7-10-19-8-5-3-1-2-4-6-9-20(14,12-19)21-18(26)22(19)17-16(25)15(24)13(30-17)11-29-31(27)28/h13-17,23-25H,1-12H2,(H-,21,26,27,28)/p+1. The molecule has 5 N–H and O–H groups in total. The molecule has 176 valence electrons. The maximum Gasteiger partial charge on any atom is 0.694 e. The fourth-order valence-corrected chi connectivity index (χ4v) is 6.43. The second-order valence-corrected chi connectivity index (χ2v) is 10.3. The quantitative estimate of drug-likeness (QED) is 0.393. The molecule has 2 saturated heterocycles. The van der Waals surface area contributed by atoms with Gasteiger partial charge in [-0.2, -0.15) is 0 Å². The molecule has 2 heterocycles. The molecular formula is C20H34N2O8P+. The van der Waals surface area contributed by atoms with Crippen molar-refractivity contribution < 1.29 is 38.8 Å². The third kappa shape index (κ3) is 4.36. The average molecular weight is 461 g/mol. The van der Waals surface area contributed by atoms with Gasteiger partial charge in [0.2, 0.25) is 0 Å². The molecule has 8 unspecified atom stereocenters. The molecule has 2 saturated carbocycles. The lowest BCUT2D eigenvalue weighted by Gasteiger charge is -2.61. The number of urea groups is 1. The summed E-state index contributed by atoms with van der Waals surface area (Å²) in [6.07, 6.45) is 3.96. The van der Waals surface area contributed by atoms with Crippen LogP contribution in [-0.4, -0.2) is 79.5 Å². The highest BCUT2D eigenvalue weighted by atomic mass is 31.1. The summed E-state index contributed by atoms with van der Waals surface area (Å²) < 4.78 is 21.4. The zero-order valence-electron chi connectivity index (χ0n) is 17.7. The minimum Gasteiger partial charge on any atom is -0.391 e. The van der Waals surface area contributed by atoms with Crippen molar-refractivity contribution in [2.24, 2.45) is 0 Å². The van der Waals surface area contributed by atoms with Crippen molar-refractivity contribution in [2.45, 2.75) is 112 Å². The zero-order chi connectivity index (χ0) is 22.2. The monoisotopic (exact) mass is 461 g/mol. The number of hydrogen-bond donors (Lipinski definition) is 5. The number of carbonyl (C=O) groups is 1. The van der Waals surface area contributed by atoms with Gasteiger partial charge in [-0.15, -0.1) is 9.42 Å². The first kappa shape index (κ1) is 23.3. The van der Waals surface area contributed by atoms with Gasteiger partial charge < -0.3 is 25.4 Å². The molecule has 4 fully saturated rings. The molecule has 2 aliphatic heterocycles. The Morgan fingerprint density at radius 1 is 1.06 bits per heavy atom. The molecule has 11 heteroatoms. The normalized spacial score (nSPS) is 44.4. The number of rotatable bonds is 4. The van der Waals surface area contributed by atoms with Gasteiger partial charge >= 0.3 is 14.3 Å². The molecule has 0 aromatic heterocycles. The van der Waals surface area contributed by atoms with Crippen molar-refractivity contribution in [1.82, 2.24) is 10.2 Å². The van der Waals surface area contributed by atoms with Crippen LogP contribution in [0.25, 0.3) is 0 Å². The Morgan fingerprint density at radius 3 is 2.45 bits per heavy atom. The lowest BCUT2D eigenvalue weighted by Crippen LogP contribution is -2.77. The largest absolute Gasteiger partial charge is 0.694 e. The van der Waals surface area contributed by atoms with Gasteiger partial charge in [0.1, 0.15) is 24.9 Å². The van der Waals surface area contributed by atoms with Crippen LogP contribution < -0.4 is 5.32 Å². The molecule has 0 aromatic carbocycles. The van der Waals surface area contributed by atoms with Gasteiger partial charge in [-0.1, -0.05) is 38.5 Å². The summed E-state index contributed by atoms with van der Waals surface area (Å²) in [7, 11) is -2.87. The minimum absolute atomic E-state index is 0.370. The first-order valence-corrected chi connectivity index (χ1v) is 12.5. The number of amides is 2. The minimum atomic E-state index is -2.87. The number of hydrogen-bond acceptors (Lipinski definition) is 7. The van der Waals surface area contributed by atoms with E-state index in [1.807, 2.05) is 0 Å². The molecule has 31 heavy (non-hydrogen) atoms. The number of carbonyl (C=O) groups excluding carboxylic acids is 1. The van der Waals surface area contributed by atoms with Crippen molar-refractivity contribution in [3.8, 4) is 0 Å². The lowest BCUT2D eigenvalue weighted by atomic mass is 9.63. The van der Waals surface area contributed by atoms with E-state index in [0.717, 1.165) is 44.9 Å². The van der Waals surface area contributed by atoms with E-state index < -0.39 is 56.0 Å². The summed E-state index contributed by atoms with van der Waals surface area (Å²) >= 11 is 0. The molecule has 2 amide bonds. The van der Waals surface area contributed by atoms with Crippen LogP contribution >= 0.6 is 8.25 Å². The van der Waals surface area contributed by atoms with Crippen LogP contribution in [0.1, 0.15) is 70.6 Å². The molecule has 0 spiro atoms. The molecule has 4 aliphatic rings. The summed E-state index contributed by atoms with van der Waals surface area (Å²) in [5.74, 6) is 0. The van der Waals surface area contributed by atoms with E-state index in [1.165, 1.54) is 0 Å². The Hall–Kier alpha value is -0.870. The van der Waals surface area contributed by atoms with E-state index in [-0.39, 0.29) is 6.61 Å². The van der Waals surface area contributed by atoms with Gasteiger partial charge in [-0.25, -0.2) is 4.79 Å². The smallest absolute Gasteiger partial charge is 0.391 e. The Bertz CT molecular complexity index is 698. The molecule has 0 radical (unpaired) electrons. The third-order valence-electron chi connectivity index (χ3n) is 7.71. The van der Waals surface area contributed by atoms with Crippen LogP contribution in [0.15, 0.2) is 0 Å². The van der Waals surface area contributed by atoms with Crippen LogP contribution in [0, 0.1) is 0 Å². The van der Waals surface area contributed by atoms with Crippen LogP contribution in [0.4, 0.5) is 4.79 Å². The SMILES string of the molecule is O=C1NC23CCCCCCCCC(CCC2O)(C3)N1C1OC(CO[P+](=O)O)C(O)C1O. The van der Waals surface area contributed by atoms with Crippen molar-refractivity contribution in [3.05, 3.63) is 0 Å². The van der Waals surface area contributed by atoms with Gasteiger partial charge in [0.25, 0.3) is 0 Å². The topological polar surface area (TPSA) is 149 Å². The Labute approximate surface area is 182 Å². The van der Waals surface area contributed by atoms with Crippen LogP contribution in [0.2, 0.25) is 0 Å². The summed E-state index contributed by atoms with van der Waals surface area (Å²) in [5.41, 5.74) is -1.27. The fourth-order valence-electron chi connectivity index (χ4n) is 6.15. The van der Waals surface area contributed by atoms with E-state index >= 15 is 0 Å². The summed E-state index contributed by atoms with van der Waals surface area (Å²) in [6, 6.07) is -0.407. The van der Waals surface area contributed by atoms with E-state index in [4.69, 9.17) is 9.63 Å². The fraction of sp³-hybridized carbons (Fsp3) is 0.950.